The van der Waals surface area contributed by atoms with Crippen LogP contribution in [-0.4, -0.2) is 58.1 Å². The number of hydrogen-bond donors (Lipinski definition) is 3. The number of aliphatic carboxylic acids is 1. The first-order valence-electron chi connectivity index (χ1n) is 5.97. The average Bonchev–Trinajstić information content (AvgIpc) is 3.09. The van der Waals surface area contributed by atoms with Crippen molar-refractivity contribution in [1.82, 2.24) is 10.2 Å². The maximum absolute atomic E-state index is 11.7. The molecule has 1 saturated carbocycles. The highest BCUT2D eigenvalue weighted by atomic mass is 16.4. The van der Waals surface area contributed by atoms with Crippen LogP contribution >= 0.6 is 0 Å². The summed E-state index contributed by atoms with van der Waals surface area (Å²) in [6.07, 6.45) is 0.562. The van der Waals surface area contributed by atoms with Crippen molar-refractivity contribution in [3.8, 4) is 0 Å². The smallest absolute Gasteiger partial charge is 0.334 e. The fraction of sp³-hybridized carbons (Fsp3) is 0.727. The molecule has 1 saturated heterocycles. The van der Waals surface area contributed by atoms with E-state index in [1.807, 2.05) is 0 Å². The molecule has 1 unspecified atom stereocenters. The zero-order valence-corrected chi connectivity index (χ0v) is 9.83. The van der Waals surface area contributed by atoms with E-state index in [2.05, 4.69) is 5.32 Å². The number of carbonyl (C=O) groups is 3. The first-order chi connectivity index (χ1) is 8.49. The van der Waals surface area contributed by atoms with Crippen molar-refractivity contribution in [3.63, 3.8) is 0 Å². The molecule has 0 bridgehead atoms. The van der Waals surface area contributed by atoms with Crippen LogP contribution in [0.4, 0.5) is 0 Å². The van der Waals surface area contributed by atoms with Crippen LogP contribution in [0.5, 0.6) is 0 Å². The maximum atomic E-state index is 11.7. The van der Waals surface area contributed by atoms with E-state index in [0.29, 0.717) is 12.6 Å². The molecule has 7 nitrogen and oxygen atoms in total. The molecule has 2 amide bonds. The number of nitrogens with zero attached hydrogens (tertiary/aromatic N) is 1. The fourth-order valence-electron chi connectivity index (χ4n) is 2.08. The minimum atomic E-state index is -1.61. The Morgan fingerprint density at radius 2 is 2.11 bits per heavy atom. The van der Waals surface area contributed by atoms with Gasteiger partial charge >= 0.3 is 5.97 Å². The lowest BCUT2D eigenvalue weighted by atomic mass is 10.1. The molecule has 1 aliphatic heterocycles. The molecular weight excluding hydrogens is 240 g/mol. The Morgan fingerprint density at radius 1 is 1.44 bits per heavy atom. The molecule has 2 atom stereocenters. The largest absolute Gasteiger partial charge is 0.479 e. The first kappa shape index (κ1) is 12.8. The van der Waals surface area contributed by atoms with Crippen molar-refractivity contribution in [1.29, 1.82) is 0 Å². The Morgan fingerprint density at radius 3 is 2.67 bits per heavy atom. The number of carboxylic acid groups (broad SMARTS) is 1. The zero-order valence-electron chi connectivity index (χ0n) is 9.83. The van der Waals surface area contributed by atoms with Crippen LogP contribution in [0.2, 0.25) is 0 Å². The van der Waals surface area contributed by atoms with Crippen LogP contribution in [0.15, 0.2) is 0 Å². The van der Waals surface area contributed by atoms with Crippen LogP contribution in [0, 0.1) is 5.92 Å². The van der Waals surface area contributed by atoms with Crippen LogP contribution < -0.4 is 5.32 Å². The number of hydrogen-bond acceptors (Lipinski definition) is 4. The van der Waals surface area contributed by atoms with Gasteiger partial charge in [0.15, 0.2) is 6.10 Å². The summed E-state index contributed by atoms with van der Waals surface area (Å²) in [4.78, 5) is 35.4. The summed E-state index contributed by atoms with van der Waals surface area (Å²) in [5.74, 6) is -2.19. The molecule has 0 aromatic heterocycles. The standard InChI is InChI=1S/C11H16N2O5/c14-8(11(17)18)4-12-10(16)6-3-9(15)13(5-6)7-1-2-7/h6-8,14H,1-5H2,(H,12,16)(H,17,18)/t6?,8-/m0/s1. The topological polar surface area (TPSA) is 107 Å². The molecule has 3 N–H and O–H groups in total. The van der Waals surface area contributed by atoms with E-state index in [9.17, 15) is 14.4 Å². The summed E-state index contributed by atoms with van der Waals surface area (Å²) < 4.78 is 0. The highest BCUT2D eigenvalue weighted by Gasteiger charge is 2.41. The van der Waals surface area contributed by atoms with Gasteiger partial charge in [-0.05, 0) is 12.8 Å². The lowest BCUT2D eigenvalue weighted by Gasteiger charge is -2.15. The fourth-order valence-corrected chi connectivity index (χ4v) is 2.08. The molecule has 2 fully saturated rings. The summed E-state index contributed by atoms with van der Waals surface area (Å²) in [5.41, 5.74) is 0. The highest BCUT2D eigenvalue weighted by Crippen LogP contribution is 2.32. The van der Waals surface area contributed by atoms with Gasteiger partial charge in [-0.25, -0.2) is 4.79 Å². The molecule has 2 aliphatic rings. The Balaban J connectivity index is 1.79. The monoisotopic (exact) mass is 256 g/mol. The van der Waals surface area contributed by atoms with Crippen molar-refractivity contribution < 1.29 is 24.6 Å². The maximum Gasteiger partial charge on any atom is 0.334 e. The minimum Gasteiger partial charge on any atom is -0.479 e. The molecule has 0 aromatic rings. The molecule has 1 heterocycles. The van der Waals surface area contributed by atoms with Crippen molar-refractivity contribution in [2.45, 2.75) is 31.4 Å². The Hall–Kier alpha value is -1.63. The number of amides is 2. The van der Waals surface area contributed by atoms with Gasteiger partial charge in [0.1, 0.15) is 0 Å². The molecule has 100 valence electrons. The molecule has 0 aromatic carbocycles. The van der Waals surface area contributed by atoms with Gasteiger partial charge in [-0.3, -0.25) is 9.59 Å². The molecule has 2 rings (SSSR count). The second kappa shape index (κ2) is 4.93. The lowest BCUT2D eigenvalue weighted by Crippen LogP contribution is -2.40. The van der Waals surface area contributed by atoms with E-state index in [1.54, 1.807) is 4.90 Å². The van der Waals surface area contributed by atoms with Gasteiger partial charge < -0.3 is 20.4 Å². The van der Waals surface area contributed by atoms with E-state index >= 15 is 0 Å². The van der Waals surface area contributed by atoms with Gasteiger partial charge in [0.05, 0.1) is 12.5 Å². The minimum absolute atomic E-state index is 0.0172. The van der Waals surface area contributed by atoms with Crippen LogP contribution in [0.1, 0.15) is 19.3 Å². The number of carbonyl (C=O) groups excluding carboxylic acids is 2. The molecular formula is C11H16N2O5. The number of likely N-dealkylation sites (tertiary alicyclic amines) is 1. The second-order valence-electron chi connectivity index (χ2n) is 4.78. The van der Waals surface area contributed by atoms with Crippen LogP contribution in [0.25, 0.3) is 0 Å². The number of aliphatic hydroxyl groups is 1. The first-order valence-corrected chi connectivity index (χ1v) is 5.97. The molecule has 7 heteroatoms. The Labute approximate surface area is 104 Å². The SMILES string of the molecule is O=C(NC[C@H](O)C(=O)O)C1CC(=O)N(C2CC2)C1. The van der Waals surface area contributed by atoms with Crippen molar-refractivity contribution in [2.75, 3.05) is 13.1 Å². The number of carboxylic acids is 1. The van der Waals surface area contributed by atoms with Crippen molar-refractivity contribution in [3.05, 3.63) is 0 Å². The van der Waals surface area contributed by atoms with Crippen molar-refractivity contribution >= 4 is 17.8 Å². The molecule has 1 aliphatic carbocycles. The van der Waals surface area contributed by atoms with Crippen LogP contribution in [-0.2, 0) is 14.4 Å². The van der Waals surface area contributed by atoms with Gasteiger partial charge in [-0.1, -0.05) is 0 Å². The number of rotatable bonds is 5. The van der Waals surface area contributed by atoms with E-state index in [0.717, 1.165) is 12.8 Å². The van der Waals surface area contributed by atoms with Gasteiger partial charge in [0, 0.05) is 19.0 Å². The molecule has 0 radical (unpaired) electrons. The quantitative estimate of drug-likeness (QED) is 0.558. The van der Waals surface area contributed by atoms with Crippen LogP contribution in [0.3, 0.4) is 0 Å². The Kier molecular flexibility index (Phi) is 3.51. The van der Waals surface area contributed by atoms with Gasteiger partial charge in [0.2, 0.25) is 11.8 Å². The summed E-state index contributed by atoms with van der Waals surface area (Å²) in [6, 6.07) is 0.292. The van der Waals surface area contributed by atoms with Gasteiger partial charge in [0.25, 0.3) is 0 Å². The predicted molar refractivity (Wildman–Crippen MR) is 59.5 cm³/mol. The second-order valence-corrected chi connectivity index (χ2v) is 4.78. The molecule has 18 heavy (non-hydrogen) atoms. The third-order valence-electron chi connectivity index (χ3n) is 3.27. The highest BCUT2D eigenvalue weighted by molar-refractivity contribution is 5.89. The lowest BCUT2D eigenvalue weighted by molar-refractivity contribution is -0.146. The van der Waals surface area contributed by atoms with E-state index in [1.165, 1.54) is 0 Å². The summed E-state index contributed by atoms with van der Waals surface area (Å²) in [6.45, 7) is 0.0702. The van der Waals surface area contributed by atoms with E-state index < -0.39 is 18.0 Å². The zero-order chi connectivity index (χ0) is 13.3. The predicted octanol–water partition coefficient (Wildman–Crippen LogP) is -1.44. The third kappa shape index (κ3) is 2.79. The van der Waals surface area contributed by atoms with Crippen molar-refractivity contribution in [2.24, 2.45) is 5.92 Å². The Bertz CT molecular complexity index is 380. The van der Waals surface area contributed by atoms with Gasteiger partial charge in [-0.2, -0.15) is 0 Å². The normalized spacial score (nSPS) is 25.1. The van der Waals surface area contributed by atoms with E-state index in [-0.39, 0.29) is 24.8 Å². The van der Waals surface area contributed by atoms with Gasteiger partial charge in [-0.15, -0.1) is 0 Å². The summed E-state index contributed by atoms with van der Waals surface area (Å²) >= 11 is 0. The third-order valence-corrected chi connectivity index (χ3v) is 3.27. The molecule has 0 spiro atoms. The average molecular weight is 256 g/mol. The van der Waals surface area contributed by atoms with E-state index in [4.69, 9.17) is 10.2 Å². The number of aliphatic hydroxyl groups excluding tert-OH is 1. The number of nitrogens with one attached hydrogen (secondary N) is 1. The summed E-state index contributed by atoms with van der Waals surface area (Å²) in [5, 5.41) is 19.8. The summed E-state index contributed by atoms with van der Waals surface area (Å²) in [7, 11) is 0.